The minimum Gasteiger partial charge on any atom is -0.368 e. The van der Waals surface area contributed by atoms with Crippen molar-refractivity contribution in [1.29, 1.82) is 0 Å². The molecule has 0 aliphatic heterocycles. The van der Waals surface area contributed by atoms with Crippen LogP contribution in [0.4, 0.5) is 67.2 Å². The van der Waals surface area contributed by atoms with E-state index in [1.165, 1.54) is 109 Å². The van der Waals surface area contributed by atoms with Gasteiger partial charge in [-0.3, -0.25) is 19.2 Å². The van der Waals surface area contributed by atoms with Crippen molar-refractivity contribution >= 4 is 45.3 Å². The maximum atomic E-state index is 14.3. The summed E-state index contributed by atoms with van der Waals surface area (Å²) in [6.07, 6.45) is 6.66. The maximum Gasteiger partial charge on any atom is 0.190 e. The van der Waals surface area contributed by atoms with Crippen LogP contribution < -0.4 is 42.6 Å². The molecule has 112 heavy (non-hydrogen) atoms. The summed E-state index contributed by atoms with van der Waals surface area (Å²) >= 11 is 0. The molecular weight excluding hydrogens is 1460 g/mol. The van der Waals surface area contributed by atoms with E-state index in [1.54, 1.807) is 36.4 Å². The molecule has 0 aliphatic rings. The first-order valence-electron chi connectivity index (χ1n) is 34.6. The molecule has 26 heteroatoms. The predicted molar refractivity (Wildman–Crippen MR) is 412 cm³/mol. The minimum absolute atomic E-state index is 0.0390. The van der Waals surface area contributed by atoms with E-state index in [0.717, 1.165) is 84.3 Å². The average Bonchev–Trinajstić information content (AvgIpc) is 0.783. The molecular formula is C86H62F10N12O4. The Balaban J connectivity index is 0.000000131. The molecule has 0 unspecified atom stereocenters. The van der Waals surface area contributed by atoms with E-state index in [0.29, 0.717) is 59.5 Å². The van der Waals surface area contributed by atoms with Crippen molar-refractivity contribution in [3.63, 3.8) is 0 Å². The molecule has 0 fully saturated rings. The Hall–Kier alpha value is -14.3. The number of fused-ring (bicyclic) bond motifs is 4. The molecule has 0 spiro atoms. The first-order chi connectivity index (χ1) is 54.2. The summed E-state index contributed by atoms with van der Waals surface area (Å²) in [4.78, 5) is 51.4. The van der Waals surface area contributed by atoms with E-state index in [2.05, 4.69) is 48.5 Å². The number of nitrogens with one attached hydrogen (secondary N) is 3. The van der Waals surface area contributed by atoms with Crippen LogP contribution in [0.3, 0.4) is 0 Å². The maximum absolute atomic E-state index is 14.3. The Labute approximate surface area is 630 Å². The van der Waals surface area contributed by atoms with E-state index in [9.17, 15) is 63.1 Å². The van der Waals surface area contributed by atoms with Gasteiger partial charge in [0.15, 0.2) is 21.7 Å². The van der Waals surface area contributed by atoms with Crippen LogP contribution in [-0.4, -0.2) is 52.0 Å². The molecule has 0 atom stereocenters. The summed E-state index contributed by atoms with van der Waals surface area (Å²) in [5, 5.41) is 26.9. The first kappa shape index (κ1) is 75.9. The van der Waals surface area contributed by atoms with Crippen molar-refractivity contribution in [2.45, 2.75) is 26.1 Å². The largest absolute Gasteiger partial charge is 0.368 e. The number of rotatable bonds is 17. The first-order valence-corrected chi connectivity index (χ1v) is 34.6. The van der Waals surface area contributed by atoms with Crippen molar-refractivity contribution < 1.29 is 43.9 Å². The van der Waals surface area contributed by atoms with Gasteiger partial charge in [-0.05, 0) is 126 Å². The van der Waals surface area contributed by atoms with Gasteiger partial charge in [0.1, 0.15) is 81.4 Å². The molecule has 560 valence electrons. The normalized spacial score (nSPS) is 11.0. The predicted octanol–water partition coefficient (Wildman–Crippen LogP) is 17.4. The molecule has 0 saturated carbocycles. The average molecular weight is 1520 g/mol. The van der Waals surface area contributed by atoms with Crippen molar-refractivity contribution in [2.24, 2.45) is 0 Å². The minimum atomic E-state index is -0.857. The molecule has 3 N–H and O–H groups in total. The highest BCUT2D eigenvalue weighted by atomic mass is 19.2. The number of hydrogen-bond acceptors (Lipinski definition) is 12. The SMILES string of the molecule is CN(Cc1ccccc1)c1ccc2c(-c3c(F)cccc3F)c(=O)ccn2n1.O=c1ccn2nc(NCCc3ccccc3)ccc2c1-c1c(F)cccc1F.O=c1ccn2nc(NCc3ccc(F)cc3F)ccc2c1-c1c(F)cccc1F.O=c1ccn2nc(NCc3ccccc3)ccc2c1-c1c(F)cccc1F. The second-order valence-electron chi connectivity index (χ2n) is 25.2. The zero-order valence-corrected chi connectivity index (χ0v) is 59.0. The van der Waals surface area contributed by atoms with Gasteiger partial charge in [-0.15, -0.1) is 0 Å². The fourth-order valence-electron chi connectivity index (χ4n) is 12.4. The van der Waals surface area contributed by atoms with Gasteiger partial charge < -0.3 is 20.9 Å². The molecule has 16 nitrogen and oxygen atoms in total. The number of pyridine rings is 4. The summed E-state index contributed by atoms with van der Waals surface area (Å²) in [6, 6.07) is 65.0. The van der Waals surface area contributed by atoms with Gasteiger partial charge >= 0.3 is 0 Å². The molecule has 8 aromatic heterocycles. The van der Waals surface area contributed by atoms with Crippen LogP contribution in [0.2, 0.25) is 0 Å². The Bertz CT molecular complexity index is 6320. The molecule has 16 rings (SSSR count). The topological polar surface area (TPSA) is 177 Å². The zero-order chi connectivity index (χ0) is 78.5. The lowest BCUT2D eigenvalue weighted by atomic mass is 10.0. The third-order valence-electron chi connectivity index (χ3n) is 17.8. The summed E-state index contributed by atoms with van der Waals surface area (Å²) in [6.45, 7) is 1.94. The van der Waals surface area contributed by atoms with Gasteiger partial charge in [0, 0.05) is 93.9 Å². The monoisotopic (exact) mass is 1520 g/mol. The van der Waals surface area contributed by atoms with E-state index in [1.807, 2.05) is 90.8 Å². The summed E-state index contributed by atoms with van der Waals surface area (Å²) in [5.74, 6) is -5.61. The standard InChI is InChI=1S/2C22H17F2N3O.C21H13F4N3O.C21H15F2N3O/c1-26(14-15-6-3-2-4-7-15)20-11-10-18-22(19(28)12-13-27(18)25-20)21-16(23)8-5-9-17(21)24;23-16-7-4-8-17(24)21(16)22-18-9-10-20(26-27(18)14-12-19(22)28)25-13-11-15-5-2-1-3-6-15;22-13-5-4-12(16(25)10-13)11-26-19-7-6-17-21(18(29)8-9-28(17)27-19)20-14(23)2-1-3-15(20)24;22-15-7-4-8-16(23)20(15)21-17-9-10-19(25-26(17)12-11-18(21)27)24-13-14-5-2-1-3-6-14/h2-13H,14H2,1H3;1-10,12,14H,11,13H2,(H,25,26);1-10H,11H2,(H,26,27);1-12H,13H2,(H,24,25). The van der Waals surface area contributed by atoms with Crippen LogP contribution in [0, 0.1) is 58.2 Å². The molecule has 0 bridgehead atoms. The lowest BCUT2D eigenvalue weighted by molar-refractivity contribution is 0.574. The zero-order valence-electron chi connectivity index (χ0n) is 59.0. The van der Waals surface area contributed by atoms with Crippen LogP contribution in [0.5, 0.6) is 0 Å². The molecule has 0 aliphatic carbocycles. The van der Waals surface area contributed by atoms with Crippen molar-refractivity contribution in [1.82, 2.24) is 38.5 Å². The molecule has 0 radical (unpaired) electrons. The van der Waals surface area contributed by atoms with Crippen LogP contribution >= 0.6 is 0 Å². The Morgan fingerprint density at radius 3 is 1.01 bits per heavy atom. The van der Waals surface area contributed by atoms with Gasteiger partial charge in [0.25, 0.3) is 0 Å². The van der Waals surface area contributed by atoms with Crippen LogP contribution in [-0.2, 0) is 26.1 Å². The van der Waals surface area contributed by atoms with E-state index in [-0.39, 0.29) is 56.6 Å². The van der Waals surface area contributed by atoms with Gasteiger partial charge in [0.2, 0.25) is 0 Å². The summed E-state index contributed by atoms with van der Waals surface area (Å²) < 4.78 is 146. The number of halogens is 10. The second kappa shape index (κ2) is 34.3. The van der Waals surface area contributed by atoms with E-state index in [4.69, 9.17) is 0 Å². The van der Waals surface area contributed by atoms with Gasteiger partial charge in [0.05, 0.1) is 66.6 Å². The van der Waals surface area contributed by atoms with Crippen molar-refractivity contribution in [3.05, 3.63) is 401 Å². The smallest absolute Gasteiger partial charge is 0.190 e. The van der Waals surface area contributed by atoms with Crippen LogP contribution in [0.1, 0.15) is 22.3 Å². The number of hydrogen-bond donors (Lipinski definition) is 3. The summed E-state index contributed by atoms with van der Waals surface area (Å²) in [5.41, 5.74) is 1.23. The summed E-state index contributed by atoms with van der Waals surface area (Å²) in [7, 11) is 1.90. The van der Waals surface area contributed by atoms with Crippen molar-refractivity contribution in [2.75, 3.05) is 34.4 Å². The number of nitrogens with zero attached hydrogens (tertiary/aromatic N) is 9. The number of aromatic nitrogens is 8. The number of benzene rings is 8. The fraction of sp³-hybridized carbons (Fsp3) is 0.0698. The van der Waals surface area contributed by atoms with Crippen LogP contribution in [0.15, 0.2) is 299 Å². The third-order valence-corrected chi connectivity index (χ3v) is 17.8. The quantitative estimate of drug-likeness (QED) is 0.0737. The third kappa shape index (κ3) is 17.3. The molecule has 8 heterocycles. The van der Waals surface area contributed by atoms with Crippen LogP contribution in [0.25, 0.3) is 66.6 Å². The fourth-order valence-corrected chi connectivity index (χ4v) is 12.4. The van der Waals surface area contributed by atoms with E-state index >= 15 is 0 Å². The van der Waals surface area contributed by atoms with Gasteiger partial charge in [-0.25, -0.2) is 62.0 Å². The lowest BCUT2D eigenvalue weighted by Gasteiger charge is -2.19. The second-order valence-corrected chi connectivity index (χ2v) is 25.2. The van der Waals surface area contributed by atoms with E-state index < -0.39 is 85.5 Å². The highest BCUT2D eigenvalue weighted by Crippen LogP contribution is 2.32. The highest BCUT2D eigenvalue weighted by molar-refractivity contribution is 5.84. The Morgan fingerprint density at radius 2 is 0.634 bits per heavy atom. The molecule has 0 saturated heterocycles. The Morgan fingerprint density at radius 1 is 0.304 bits per heavy atom. The lowest BCUT2D eigenvalue weighted by Crippen LogP contribution is -2.19. The molecule has 0 amide bonds. The Kier molecular flexibility index (Phi) is 23.2. The molecule has 16 aromatic rings. The molecule has 8 aromatic carbocycles. The van der Waals surface area contributed by atoms with Gasteiger partial charge in [-0.2, -0.15) is 20.4 Å². The van der Waals surface area contributed by atoms with Crippen molar-refractivity contribution in [3.8, 4) is 44.5 Å². The van der Waals surface area contributed by atoms with Gasteiger partial charge in [-0.1, -0.05) is 121 Å². The number of anilines is 4. The highest BCUT2D eigenvalue weighted by Gasteiger charge is 2.23.